The minimum Gasteiger partial charge on any atom is -0.396 e. The molecule has 1 aromatic rings. The Balaban J connectivity index is 3.06. The van der Waals surface area contributed by atoms with E-state index in [1.165, 1.54) is 4.90 Å². The molecule has 1 aromatic carbocycles. The average Bonchev–Trinajstić information content (AvgIpc) is 2.38. The maximum Gasteiger partial charge on any atom is 0.254 e. The third-order valence-electron chi connectivity index (χ3n) is 2.87. The minimum atomic E-state index is -0.929. The third-order valence-corrected chi connectivity index (χ3v) is 2.87. The fraction of sp³-hybridized carbons (Fsp3) is 0.462. The van der Waals surface area contributed by atoms with Crippen LogP contribution in [0.3, 0.4) is 0 Å². The van der Waals surface area contributed by atoms with Crippen LogP contribution < -0.4 is 11.3 Å². The van der Waals surface area contributed by atoms with E-state index in [-0.39, 0.29) is 18.2 Å². The molecule has 1 rings (SSSR count). The molecule has 4 N–H and O–H groups in total. The van der Waals surface area contributed by atoms with Crippen molar-refractivity contribution in [1.29, 1.82) is 0 Å². The summed E-state index contributed by atoms with van der Waals surface area (Å²) in [7, 11) is 0. The summed E-state index contributed by atoms with van der Waals surface area (Å²) < 4.78 is 27.2. The van der Waals surface area contributed by atoms with E-state index in [0.29, 0.717) is 13.0 Å². The van der Waals surface area contributed by atoms with Crippen molar-refractivity contribution >= 4 is 11.6 Å². The number of nitrogen functional groups attached to an aromatic ring is 1. The lowest BCUT2D eigenvalue weighted by Crippen LogP contribution is -2.38. The van der Waals surface area contributed by atoms with Gasteiger partial charge in [-0.25, -0.2) is 8.78 Å². The summed E-state index contributed by atoms with van der Waals surface area (Å²) in [6.07, 6.45) is 0.400. The van der Waals surface area contributed by atoms with Crippen molar-refractivity contribution < 1.29 is 18.7 Å². The van der Waals surface area contributed by atoms with Crippen LogP contribution in [0.5, 0.6) is 0 Å². The van der Waals surface area contributed by atoms with E-state index in [4.69, 9.17) is 10.9 Å². The average molecular weight is 287 g/mol. The van der Waals surface area contributed by atoms with Crippen LogP contribution in [0.2, 0.25) is 0 Å². The highest BCUT2D eigenvalue weighted by Gasteiger charge is 2.21. The predicted molar refractivity (Wildman–Crippen MR) is 72.0 cm³/mol. The molecule has 1 amide bonds. The number of aliphatic hydroxyl groups excluding tert-OH is 1. The number of rotatable bonds is 6. The number of carbonyl (C=O) groups is 1. The number of nitrogens with zero attached hydrogens (tertiary/aromatic N) is 1. The van der Waals surface area contributed by atoms with Gasteiger partial charge in [-0.1, -0.05) is 0 Å². The van der Waals surface area contributed by atoms with E-state index in [9.17, 15) is 13.6 Å². The van der Waals surface area contributed by atoms with Gasteiger partial charge in [0.25, 0.3) is 5.91 Å². The number of nitrogens with two attached hydrogens (primary N) is 1. The first-order valence-corrected chi connectivity index (χ1v) is 6.29. The van der Waals surface area contributed by atoms with Crippen molar-refractivity contribution in [2.24, 2.45) is 5.84 Å². The monoisotopic (exact) mass is 287 g/mol. The Bertz CT molecular complexity index is 458. The first-order chi connectivity index (χ1) is 9.42. The molecule has 0 radical (unpaired) electrons. The number of halogens is 2. The van der Waals surface area contributed by atoms with Crippen molar-refractivity contribution in [2.75, 3.05) is 18.6 Å². The van der Waals surface area contributed by atoms with Crippen molar-refractivity contribution in [3.63, 3.8) is 0 Å². The van der Waals surface area contributed by atoms with Crippen LogP contribution in [0, 0.1) is 11.6 Å². The Morgan fingerprint density at radius 3 is 2.35 bits per heavy atom. The number of hydrogen-bond acceptors (Lipinski definition) is 4. The molecule has 0 atom stereocenters. The summed E-state index contributed by atoms with van der Waals surface area (Å²) in [5, 5.41) is 8.83. The van der Waals surface area contributed by atoms with Crippen LogP contribution in [0.1, 0.15) is 30.6 Å². The molecule has 0 aliphatic heterocycles. The lowest BCUT2D eigenvalue weighted by atomic mass is 10.1. The van der Waals surface area contributed by atoms with Gasteiger partial charge in [0.2, 0.25) is 0 Å². The normalized spacial score (nSPS) is 10.8. The Hall–Kier alpha value is -1.73. The minimum absolute atomic E-state index is 0.0603. The van der Waals surface area contributed by atoms with Crippen molar-refractivity contribution in [1.82, 2.24) is 4.90 Å². The van der Waals surface area contributed by atoms with Gasteiger partial charge in [0, 0.05) is 24.8 Å². The topological polar surface area (TPSA) is 78.6 Å². The lowest BCUT2D eigenvalue weighted by Gasteiger charge is -2.26. The van der Waals surface area contributed by atoms with E-state index in [2.05, 4.69) is 0 Å². The number of aliphatic hydroxyl groups is 1. The quantitative estimate of drug-likeness (QED) is 0.547. The summed E-state index contributed by atoms with van der Waals surface area (Å²) in [5.41, 5.74) is 1.34. The second-order valence-electron chi connectivity index (χ2n) is 4.63. The predicted octanol–water partition coefficient (Wildman–Crippen LogP) is 1.48. The van der Waals surface area contributed by atoms with Crippen LogP contribution in [0.15, 0.2) is 12.1 Å². The first-order valence-electron chi connectivity index (χ1n) is 6.29. The number of benzene rings is 1. The molecule has 0 aliphatic rings. The number of anilines is 1. The van der Waals surface area contributed by atoms with E-state index in [1.807, 2.05) is 5.43 Å². The van der Waals surface area contributed by atoms with E-state index < -0.39 is 23.2 Å². The lowest BCUT2D eigenvalue weighted by molar-refractivity contribution is 0.0692. The fourth-order valence-electron chi connectivity index (χ4n) is 1.84. The van der Waals surface area contributed by atoms with Crippen LogP contribution >= 0.6 is 0 Å². The van der Waals surface area contributed by atoms with E-state index in [0.717, 1.165) is 12.1 Å². The van der Waals surface area contributed by atoms with E-state index in [1.54, 1.807) is 13.8 Å². The van der Waals surface area contributed by atoms with Crippen LogP contribution in [0.25, 0.3) is 0 Å². The number of hydrazine groups is 1. The highest BCUT2D eigenvalue weighted by Crippen LogP contribution is 2.21. The standard InChI is InChI=1S/C13H19F2N3O2/c1-8(2)18(4-3-5-19)13(20)9-6-10(14)12(17-16)11(15)7-9/h6-8,17,19H,3-5,16H2,1-2H3. The molecule has 0 aromatic heterocycles. The van der Waals surface area contributed by atoms with Gasteiger partial charge in [0.15, 0.2) is 11.6 Å². The third kappa shape index (κ3) is 3.64. The van der Waals surface area contributed by atoms with Gasteiger partial charge in [0.1, 0.15) is 5.69 Å². The highest BCUT2D eigenvalue weighted by molar-refractivity contribution is 5.94. The number of hydrogen-bond donors (Lipinski definition) is 3. The zero-order valence-electron chi connectivity index (χ0n) is 11.5. The SMILES string of the molecule is CC(C)N(CCCO)C(=O)c1cc(F)c(NN)c(F)c1. The number of nitrogens with one attached hydrogen (secondary N) is 1. The smallest absolute Gasteiger partial charge is 0.254 e. The Kier molecular flexibility index (Phi) is 5.84. The van der Waals surface area contributed by atoms with E-state index >= 15 is 0 Å². The Labute approximate surface area is 116 Å². The van der Waals surface area contributed by atoms with Crippen LogP contribution in [0.4, 0.5) is 14.5 Å². The molecule has 0 aliphatic carbocycles. The maximum atomic E-state index is 13.6. The number of amides is 1. The Morgan fingerprint density at radius 2 is 1.95 bits per heavy atom. The molecular formula is C13H19F2N3O2. The molecule has 0 bridgehead atoms. The van der Waals surface area contributed by atoms with Gasteiger partial charge in [-0.05, 0) is 32.4 Å². The number of carbonyl (C=O) groups excluding carboxylic acids is 1. The molecule has 0 heterocycles. The van der Waals surface area contributed by atoms with Gasteiger partial charge in [0.05, 0.1) is 0 Å². The van der Waals surface area contributed by atoms with Gasteiger partial charge < -0.3 is 15.4 Å². The van der Waals surface area contributed by atoms with Crippen LogP contribution in [-0.4, -0.2) is 35.1 Å². The molecule has 112 valence electrons. The first kappa shape index (κ1) is 16.3. The molecule has 20 heavy (non-hydrogen) atoms. The fourth-order valence-corrected chi connectivity index (χ4v) is 1.84. The molecule has 0 saturated heterocycles. The molecular weight excluding hydrogens is 268 g/mol. The molecule has 7 heteroatoms. The van der Waals surface area contributed by atoms with Gasteiger partial charge >= 0.3 is 0 Å². The summed E-state index contributed by atoms with van der Waals surface area (Å²) >= 11 is 0. The second-order valence-corrected chi connectivity index (χ2v) is 4.63. The van der Waals surface area contributed by atoms with Crippen molar-refractivity contribution in [3.8, 4) is 0 Å². The highest BCUT2D eigenvalue weighted by atomic mass is 19.1. The van der Waals surface area contributed by atoms with Crippen LogP contribution in [-0.2, 0) is 0 Å². The summed E-state index contributed by atoms with van der Waals surface area (Å²) in [6, 6.07) is 1.73. The molecule has 0 fully saturated rings. The second kappa shape index (κ2) is 7.16. The maximum absolute atomic E-state index is 13.6. The van der Waals surface area contributed by atoms with Crippen molar-refractivity contribution in [2.45, 2.75) is 26.3 Å². The molecule has 0 spiro atoms. The zero-order valence-corrected chi connectivity index (χ0v) is 11.5. The van der Waals surface area contributed by atoms with Gasteiger partial charge in [-0.2, -0.15) is 0 Å². The molecule has 0 unspecified atom stereocenters. The van der Waals surface area contributed by atoms with Gasteiger partial charge in [-0.15, -0.1) is 0 Å². The van der Waals surface area contributed by atoms with Crippen molar-refractivity contribution in [3.05, 3.63) is 29.3 Å². The zero-order chi connectivity index (χ0) is 15.3. The van der Waals surface area contributed by atoms with Gasteiger partial charge in [-0.3, -0.25) is 10.6 Å². The Morgan fingerprint density at radius 1 is 1.40 bits per heavy atom. The largest absolute Gasteiger partial charge is 0.396 e. The molecule has 0 saturated carbocycles. The summed E-state index contributed by atoms with van der Waals surface area (Å²) in [6.45, 7) is 3.83. The molecule has 5 nitrogen and oxygen atoms in total. The summed E-state index contributed by atoms with van der Waals surface area (Å²) in [5.74, 6) is 2.65. The summed E-state index contributed by atoms with van der Waals surface area (Å²) in [4.78, 5) is 13.7.